The molecule has 0 aromatic carbocycles. The zero-order valence-corrected chi connectivity index (χ0v) is 9.39. The highest BCUT2D eigenvalue weighted by atomic mass is 15.2. The van der Waals surface area contributed by atoms with E-state index in [1.807, 2.05) is 6.33 Å². The van der Waals surface area contributed by atoms with Gasteiger partial charge in [0.15, 0.2) is 0 Å². The van der Waals surface area contributed by atoms with Gasteiger partial charge in [-0.15, -0.1) is 0 Å². The predicted octanol–water partition coefficient (Wildman–Crippen LogP) is 0.826. The van der Waals surface area contributed by atoms with Crippen LogP contribution in [-0.4, -0.2) is 34.1 Å². The van der Waals surface area contributed by atoms with Crippen LogP contribution in [0.5, 0.6) is 0 Å². The maximum Gasteiger partial charge on any atom is 0.0950 e. The molecule has 0 atom stereocenters. The number of aromatic nitrogens is 2. The molecule has 4 heteroatoms. The molecule has 0 aliphatic heterocycles. The van der Waals surface area contributed by atoms with Gasteiger partial charge in [0.2, 0.25) is 0 Å². The average Bonchev–Trinajstić information content (AvgIpc) is 2.49. The van der Waals surface area contributed by atoms with Crippen LogP contribution < -0.4 is 5.73 Å². The van der Waals surface area contributed by atoms with Crippen molar-refractivity contribution < 1.29 is 0 Å². The summed E-state index contributed by atoms with van der Waals surface area (Å²) in [6.07, 6.45) is 8.05. The minimum Gasteiger partial charge on any atom is -0.336 e. The second-order valence-corrected chi connectivity index (χ2v) is 4.39. The molecule has 1 aromatic rings. The van der Waals surface area contributed by atoms with E-state index in [0.29, 0.717) is 6.54 Å². The topological polar surface area (TPSA) is 47.1 Å². The Morgan fingerprint density at radius 2 is 2.40 bits per heavy atom. The molecule has 1 saturated carbocycles. The zero-order valence-electron chi connectivity index (χ0n) is 9.39. The largest absolute Gasteiger partial charge is 0.336 e. The van der Waals surface area contributed by atoms with Gasteiger partial charge < -0.3 is 10.3 Å². The summed E-state index contributed by atoms with van der Waals surface area (Å²) in [7, 11) is 2.19. The van der Waals surface area contributed by atoms with Gasteiger partial charge in [0.05, 0.1) is 12.0 Å². The summed E-state index contributed by atoms with van der Waals surface area (Å²) >= 11 is 0. The van der Waals surface area contributed by atoms with Crippen LogP contribution in [-0.2, 0) is 13.1 Å². The maximum absolute atomic E-state index is 5.49. The number of rotatable bonds is 5. The van der Waals surface area contributed by atoms with Crippen molar-refractivity contribution in [2.75, 3.05) is 13.6 Å². The van der Waals surface area contributed by atoms with E-state index < -0.39 is 0 Å². The van der Waals surface area contributed by atoms with Gasteiger partial charge in [0, 0.05) is 31.9 Å². The highest BCUT2D eigenvalue weighted by Gasteiger charge is 2.22. The van der Waals surface area contributed by atoms with Crippen LogP contribution in [0.2, 0.25) is 0 Å². The molecular weight excluding hydrogens is 188 g/mol. The summed E-state index contributed by atoms with van der Waals surface area (Å²) < 4.78 is 2.06. The fraction of sp³-hybridized carbons (Fsp3) is 0.727. The van der Waals surface area contributed by atoms with Crippen molar-refractivity contribution in [2.45, 2.75) is 38.4 Å². The standard InChI is InChI=1S/C11H20N4/c1-14(11-3-2-4-11)7-10-8-15(6-5-12)9-13-10/h8-9,11H,2-7,12H2,1H3. The molecule has 1 aromatic heterocycles. The summed E-state index contributed by atoms with van der Waals surface area (Å²) in [5, 5.41) is 0. The van der Waals surface area contributed by atoms with Gasteiger partial charge in [0.25, 0.3) is 0 Å². The summed E-state index contributed by atoms with van der Waals surface area (Å²) in [4.78, 5) is 6.78. The Hall–Kier alpha value is -0.870. The minimum absolute atomic E-state index is 0.675. The number of nitrogens with two attached hydrogens (primary N) is 1. The second-order valence-electron chi connectivity index (χ2n) is 4.39. The Bertz CT molecular complexity index is 303. The third kappa shape index (κ3) is 2.58. The van der Waals surface area contributed by atoms with Gasteiger partial charge in [-0.05, 0) is 19.9 Å². The Morgan fingerprint density at radius 3 is 3.00 bits per heavy atom. The minimum atomic E-state index is 0.675. The third-order valence-corrected chi connectivity index (χ3v) is 3.18. The van der Waals surface area contributed by atoms with Crippen molar-refractivity contribution >= 4 is 0 Å². The van der Waals surface area contributed by atoms with Gasteiger partial charge >= 0.3 is 0 Å². The third-order valence-electron chi connectivity index (χ3n) is 3.18. The zero-order chi connectivity index (χ0) is 10.7. The first-order valence-electron chi connectivity index (χ1n) is 5.70. The molecule has 1 aliphatic rings. The lowest BCUT2D eigenvalue weighted by Crippen LogP contribution is -2.36. The Morgan fingerprint density at radius 1 is 1.60 bits per heavy atom. The van der Waals surface area contributed by atoms with E-state index in [9.17, 15) is 0 Å². The normalized spacial score (nSPS) is 17.0. The van der Waals surface area contributed by atoms with E-state index in [-0.39, 0.29) is 0 Å². The smallest absolute Gasteiger partial charge is 0.0950 e. The van der Waals surface area contributed by atoms with Gasteiger partial charge in [-0.3, -0.25) is 4.90 Å². The summed E-state index contributed by atoms with van der Waals surface area (Å²) in [6.45, 7) is 2.50. The lowest BCUT2D eigenvalue weighted by Gasteiger charge is -2.34. The quantitative estimate of drug-likeness (QED) is 0.779. The average molecular weight is 208 g/mol. The van der Waals surface area contributed by atoms with E-state index in [0.717, 1.165) is 24.8 Å². The van der Waals surface area contributed by atoms with Crippen molar-refractivity contribution in [3.8, 4) is 0 Å². The van der Waals surface area contributed by atoms with Crippen LogP contribution in [0.4, 0.5) is 0 Å². The highest BCUT2D eigenvalue weighted by Crippen LogP contribution is 2.24. The Kier molecular flexibility index (Phi) is 3.38. The summed E-state index contributed by atoms with van der Waals surface area (Å²) in [6, 6.07) is 0.782. The molecule has 1 heterocycles. The number of hydrogen-bond donors (Lipinski definition) is 1. The molecule has 0 radical (unpaired) electrons. The molecule has 0 spiro atoms. The molecule has 2 N–H and O–H groups in total. The summed E-state index contributed by atoms with van der Waals surface area (Å²) in [5.41, 5.74) is 6.64. The van der Waals surface area contributed by atoms with Crippen LogP contribution in [0.1, 0.15) is 25.0 Å². The van der Waals surface area contributed by atoms with Crippen molar-refractivity contribution in [3.63, 3.8) is 0 Å². The molecule has 0 bridgehead atoms. The van der Waals surface area contributed by atoms with Crippen LogP contribution in [0.25, 0.3) is 0 Å². The number of imidazole rings is 1. The molecule has 15 heavy (non-hydrogen) atoms. The first-order valence-corrected chi connectivity index (χ1v) is 5.70. The molecule has 1 aliphatic carbocycles. The van der Waals surface area contributed by atoms with Crippen molar-refractivity contribution in [1.29, 1.82) is 0 Å². The molecule has 2 rings (SSSR count). The summed E-state index contributed by atoms with van der Waals surface area (Å²) in [5.74, 6) is 0. The first kappa shape index (κ1) is 10.6. The van der Waals surface area contributed by atoms with Crippen molar-refractivity contribution in [1.82, 2.24) is 14.5 Å². The Labute approximate surface area is 91.1 Å². The van der Waals surface area contributed by atoms with Crippen molar-refractivity contribution in [2.24, 2.45) is 5.73 Å². The van der Waals surface area contributed by atoms with E-state index >= 15 is 0 Å². The van der Waals surface area contributed by atoms with Crippen LogP contribution in [0.3, 0.4) is 0 Å². The molecule has 0 saturated heterocycles. The van der Waals surface area contributed by atoms with Gasteiger partial charge in [-0.2, -0.15) is 0 Å². The first-order chi connectivity index (χ1) is 7.29. The molecule has 0 unspecified atom stereocenters. The molecule has 4 nitrogen and oxygen atoms in total. The maximum atomic E-state index is 5.49. The van der Waals surface area contributed by atoms with Gasteiger partial charge in [0.1, 0.15) is 0 Å². The highest BCUT2D eigenvalue weighted by molar-refractivity contribution is 4.97. The predicted molar refractivity (Wildman–Crippen MR) is 60.4 cm³/mol. The van der Waals surface area contributed by atoms with E-state index in [1.54, 1.807) is 0 Å². The molecular formula is C11H20N4. The molecule has 1 fully saturated rings. The van der Waals surface area contributed by atoms with E-state index in [4.69, 9.17) is 5.73 Å². The lowest BCUT2D eigenvalue weighted by atomic mass is 9.92. The van der Waals surface area contributed by atoms with Gasteiger partial charge in [-0.25, -0.2) is 4.98 Å². The molecule has 0 amide bonds. The fourth-order valence-electron chi connectivity index (χ4n) is 1.97. The van der Waals surface area contributed by atoms with Gasteiger partial charge in [-0.1, -0.05) is 6.42 Å². The lowest BCUT2D eigenvalue weighted by molar-refractivity contribution is 0.151. The van der Waals surface area contributed by atoms with E-state index in [2.05, 4.69) is 27.7 Å². The SMILES string of the molecule is CN(Cc1cn(CCN)cn1)C1CCC1. The van der Waals surface area contributed by atoms with Crippen LogP contribution in [0.15, 0.2) is 12.5 Å². The fourth-order valence-corrected chi connectivity index (χ4v) is 1.97. The van der Waals surface area contributed by atoms with E-state index in [1.165, 1.54) is 19.3 Å². The monoisotopic (exact) mass is 208 g/mol. The molecule has 84 valence electrons. The second kappa shape index (κ2) is 4.77. The van der Waals surface area contributed by atoms with Crippen LogP contribution in [0, 0.1) is 0 Å². The Balaban J connectivity index is 1.86. The van der Waals surface area contributed by atoms with Crippen LogP contribution >= 0.6 is 0 Å². The van der Waals surface area contributed by atoms with Crippen molar-refractivity contribution in [3.05, 3.63) is 18.2 Å². The number of nitrogens with zero attached hydrogens (tertiary/aromatic N) is 3. The number of hydrogen-bond acceptors (Lipinski definition) is 3.